The van der Waals surface area contributed by atoms with E-state index in [2.05, 4.69) is 67.3 Å². The van der Waals surface area contributed by atoms with Gasteiger partial charge in [-0.3, -0.25) is 4.68 Å². The van der Waals surface area contributed by atoms with Gasteiger partial charge >= 0.3 is 0 Å². The van der Waals surface area contributed by atoms with Crippen LogP contribution in [-0.4, -0.2) is 23.4 Å². The van der Waals surface area contributed by atoms with Crippen molar-refractivity contribution in [1.82, 2.24) is 15.1 Å². The first-order valence-corrected chi connectivity index (χ1v) is 7.89. The zero-order valence-electron chi connectivity index (χ0n) is 13.6. The van der Waals surface area contributed by atoms with E-state index < -0.39 is 0 Å². The van der Waals surface area contributed by atoms with Crippen LogP contribution in [0.15, 0.2) is 36.5 Å². The molecule has 2 unspecified atom stereocenters. The molecule has 0 saturated carbocycles. The lowest BCUT2D eigenvalue weighted by molar-refractivity contribution is 0.471. The summed E-state index contributed by atoms with van der Waals surface area (Å²) in [4.78, 5) is 0. The van der Waals surface area contributed by atoms with Crippen molar-refractivity contribution in [2.24, 2.45) is 0 Å². The highest BCUT2D eigenvalue weighted by molar-refractivity contribution is 5.27. The largest absolute Gasteiger partial charge is 0.319 e. The van der Waals surface area contributed by atoms with Crippen molar-refractivity contribution in [2.75, 3.05) is 13.6 Å². The number of aryl methyl sites for hydroxylation is 1. The SMILES string of the molecule is CCC(C)n1ccc(CC(CNC)c2cccc(C)c2)n1. The number of aromatic nitrogens is 2. The Bertz CT molecular complexity index is 559. The van der Waals surface area contributed by atoms with E-state index >= 15 is 0 Å². The molecule has 0 aliphatic heterocycles. The van der Waals surface area contributed by atoms with Gasteiger partial charge in [-0.2, -0.15) is 5.10 Å². The number of hydrogen-bond acceptors (Lipinski definition) is 2. The Kier molecular flexibility index (Phi) is 5.57. The minimum Gasteiger partial charge on any atom is -0.319 e. The molecule has 1 N–H and O–H groups in total. The Labute approximate surface area is 128 Å². The molecule has 1 heterocycles. The number of rotatable bonds is 7. The standard InChI is InChI=1S/C18H27N3/c1-5-15(3)21-10-9-18(20-21)12-17(13-19-4)16-8-6-7-14(2)11-16/h6-11,15,17,19H,5,12-13H2,1-4H3. The van der Waals surface area contributed by atoms with E-state index in [0.29, 0.717) is 12.0 Å². The van der Waals surface area contributed by atoms with Crippen molar-refractivity contribution >= 4 is 0 Å². The summed E-state index contributed by atoms with van der Waals surface area (Å²) < 4.78 is 2.09. The first kappa shape index (κ1) is 15.8. The van der Waals surface area contributed by atoms with Gasteiger partial charge in [0.1, 0.15) is 0 Å². The summed E-state index contributed by atoms with van der Waals surface area (Å²) in [6.45, 7) is 7.53. The van der Waals surface area contributed by atoms with Gasteiger partial charge in [0.15, 0.2) is 0 Å². The maximum atomic E-state index is 4.74. The van der Waals surface area contributed by atoms with Crippen LogP contribution in [0, 0.1) is 6.92 Å². The zero-order valence-corrected chi connectivity index (χ0v) is 13.6. The van der Waals surface area contributed by atoms with E-state index in [-0.39, 0.29) is 0 Å². The van der Waals surface area contributed by atoms with Crippen molar-refractivity contribution < 1.29 is 0 Å². The van der Waals surface area contributed by atoms with E-state index in [9.17, 15) is 0 Å². The lowest BCUT2D eigenvalue weighted by atomic mass is 9.93. The summed E-state index contributed by atoms with van der Waals surface area (Å²) >= 11 is 0. The maximum Gasteiger partial charge on any atom is 0.0631 e. The van der Waals surface area contributed by atoms with Gasteiger partial charge in [-0.25, -0.2) is 0 Å². The average Bonchev–Trinajstić information content (AvgIpc) is 2.94. The summed E-state index contributed by atoms with van der Waals surface area (Å²) in [6, 6.07) is 11.4. The van der Waals surface area contributed by atoms with E-state index in [1.165, 1.54) is 16.8 Å². The van der Waals surface area contributed by atoms with Crippen molar-refractivity contribution in [3.63, 3.8) is 0 Å². The fraction of sp³-hybridized carbons (Fsp3) is 0.500. The lowest BCUT2D eigenvalue weighted by Gasteiger charge is -2.16. The van der Waals surface area contributed by atoms with Gasteiger partial charge in [0.25, 0.3) is 0 Å². The van der Waals surface area contributed by atoms with Crippen molar-refractivity contribution in [3.05, 3.63) is 53.3 Å². The molecular weight excluding hydrogens is 258 g/mol. The van der Waals surface area contributed by atoms with Gasteiger partial charge in [-0.15, -0.1) is 0 Å². The maximum absolute atomic E-state index is 4.74. The van der Waals surface area contributed by atoms with Crippen LogP contribution in [0.25, 0.3) is 0 Å². The van der Waals surface area contributed by atoms with Gasteiger partial charge in [0, 0.05) is 24.7 Å². The predicted molar refractivity (Wildman–Crippen MR) is 88.8 cm³/mol. The van der Waals surface area contributed by atoms with Crippen molar-refractivity contribution in [3.8, 4) is 0 Å². The molecule has 0 saturated heterocycles. The second kappa shape index (κ2) is 7.41. The van der Waals surface area contributed by atoms with Crippen LogP contribution in [0.2, 0.25) is 0 Å². The number of hydrogen-bond donors (Lipinski definition) is 1. The van der Waals surface area contributed by atoms with E-state index in [1.54, 1.807) is 0 Å². The third kappa shape index (κ3) is 4.18. The molecule has 0 amide bonds. The summed E-state index contributed by atoms with van der Waals surface area (Å²) in [5.74, 6) is 0.468. The summed E-state index contributed by atoms with van der Waals surface area (Å²) in [7, 11) is 2.01. The highest BCUT2D eigenvalue weighted by Gasteiger charge is 2.14. The van der Waals surface area contributed by atoms with Gasteiger partial charge in [0.2, 0.25) is 0 Å². The number of nitrogens with zero attached hydrogens (tertiary/aromatic N) is 2. The molecule has 114 valence electrons. The Morgan fingerprint density at radius 1 is 1.29 bits per heavy atom. The molecule has 0 spiro atoms. The molecular formula is C18H27N3. The Morgan fingerprint density at radius 3 is 2.76 bits per heavy atom. The smallest absolute Gasteiger partial charge is 0.0631 e. The number of benzene rings is 1. The first-order valence-electron chi connectivity index (χ1n) is 7.89. The van der Waals surface area contributed by atoms with Crippen molar-refractivity contribution in [1.29, 1.82) is 0 Å². The molecule has 2 atom stereocenters. The van der Waals surface area contributed by atoms with Gasteiger partial charge in [-0.05, 0) is 45.4 Å². The van der Waals surface area contributed by atoms with E-state index in [1.807, 2.05) is 7.05 Å². The minimum atomic E-state index is 0.468. The summed E-state index contributed by atoms with van der Waals surface area (Å²) in [5, 5.41) is 8.05. The van der Waals surface area contributed by atoms with Gasteiger partial charge in [0.05, 0.1) is 5.69 Å². The van der Waals surface area contributed by atoms with Crippen LogP contribution in [0.4, 0.5) is 0 Å². The normalized spacial score (nSPS) is 14.1. The third-order valence-electron chi connectivity index (χ3n) is 4.13. The van der Waals surface area contributed by atoms with Crippen LogP contribution in [0.3, 0.4) is 0 Å². The monoisotopic (exact) mass is 285 g/mol. The molecule has 1 aromatic carbocycles. The topological polar surface area (TPSA) is 29.9 Å². The number of likely N-dealkylation sites (N-methyl/N-ethyl adjacent to an activating group) is 1. The van der Waals surface area contributed by atoms with E-state index in [0.717, 1.165) is 19.4 Å². The Morgan fingerprint density at radius 2 is 2.10 bits per heavy atom. The molecule has 3 nitrogen and oxygen atoms in total. The first-order chi connectivity index (χ1) is 10.1. The molecule has 0 aliphatic rings. The summed E-state index contributed by atoms with van der Waals surface area (Å²) in [6.07, 6.45) is 4.20. The van der Waals surface area contributed by atoms with Crippen LogP contribution >= 0.6 is 0 Å². The molecule has 2 rings (SSSR count). The molecule has 0 bridgehead atoms. The fourth-order valence-corrected chi connectivity index (χ4v) is 2.65. The van der Waals surface area contributed by atoms with Crippen LogP contribution in [0.5, 0.6) is 0 Å². The molecule has 1 aromatic heterocycles. The second-order valence-electron chi connectivity index (χ2n) is 5.92. The van der Waals surface area contributed by atoms with Crippen LogP contribution in [-0.2, 0) is 6.42 Å². The Hall–Kier alpha value is -1.61. The second-order valence-corrected chi connectivity index (χ2v) is 5.92. The third-order valence-corrected chi connectivity index (χ3v) is 4.13. The van der Waals surface area contributed by atoms with Crippen molar-refractivity contribution in [2.45, 2.75) is 45.6 Å². The molecule has 3 heteroatoms. The van der Waals surface area contributed by atoms with Crippen LogP contribution in [0.1, 0.15) is 49.0 Å². The fourth-order valence-electron chi connectivity index (χ4n) is 2.65. The highest BCUT2D eigenvalue weighted by atomic mass is 15.3. The Balaban J connectivity index is 2.14. The van der Waals surface area contributed by atoms with Crippen LogP contribution < -0.4 is 5.32 Å². The molecule has 2 aromatic rings. The van der Waals surface area contributed by atoms with E-state index in [4.69, 9.17) is 5.10 Å². The number of nitrogens with one attached hydrogen (secondary N) is 1. The summed E-state index contributed by atoms with van der Waals surface area (Å²) in [5.41, 5.74) is 3.89. The molecule has 0 aliphatic carbocycles. The van der Waals surface area contributed by atoms with Gasteiger partial charge in [-0.1, -0.05) is 36.8 Å². The quantitative estimate of drug-likeness (QED) is 0.840. The minimum absolute atomic E-state index is 0.468. The molecule has 0 fully saturated rings. The highest BCUT2D eigenvalue weighted by Crippen LogP contribution is 2.21. The molecule has 21 heavy (non-hydrogen) atoms. The lowest BCUT2D eigenvalue weighted by Crippen LogP contribution is -2.19. The molecule has 0 radical (unpaired) electrons. The van der Waals surface area contributed by atoms with Gasteiger partial charge < -0.3 is 5.32 Å². The zero-order chi connectivity index (χ0) is 15.2. The average molecular weight is 285 g/mol. The predicted octanol–water partition coefficient (Wildman–Crippen LogP) is 3.71.